The Morgan fingerprint density at radius 2 is 2.40 bits per heavy atom. The molecule has 4 heteroatoms. The Kier molecular flexibility index (Phi) is 2.65. The van der Waals surface area contributed by atoms with Crippen molar-refractivity contribution in [3.05, 3.63) is 0 Å². The molecule has 0 aromatic carbocycles. The summed E-state index contributed by atoms with van der Waals surface area (Å²) in [4.78, 5) is 10.5. The van der Waals surface area contributed by atoms with Crippen molar-refractivity contribution in [3.8, 4) is 0 Å². The van der Waals surface area contributed by atoms with Crippen molar-refractivity contribution in [1.82, 2.24) is 5.32 Å². The number of carbonyl (C=O) groups is 1. The van der Waals surface area contributed by atoms with Crippen LogP contribution in [0.15, 0.2) is 0 Å². The standard InChI is InChI=1S/C6H11NO3/c1-9-6(8)4-10-5-2-7-3-5/h5,7H,2-4H2,1H3. The molecular weight excluding hydrogens is 134 g/mol. The van der Waals surface area contributed by atoms with Crippen molar-refractivity contribution >= 4 is 5.97 Å². The van der Waals surface area contributed by atoms with Crippen LogP contribution in [0.5, 0.6) is 0 Å². The first-order chi connectivity index (χ1) is 4.83. The van der Waals surface area contributed by atoms with Gasteiger partial charge < -0.3 is 14.8 Å². The molecular formula is C6H11NO3. The molecule has 0 unspecified atom stereocenters. The average molecular weight is 145 g/mol. The second kappa shape index (κ2) is 3.53. The number of ether oxygens (including phenoxy) is 2. The minimum absolute atomic E-state index is 0.0723. The van der Waals surface area contributed by atoms with Crippen molar-refractivity contribution in [1.29, 1.82) is 0 Å². The molecule has 0 amide bonds. The largest absolute Gasteiger partial charge is 0.467 e. The second-order valence-corrected chi connectivity index (χ2v) is 2.17. The summed E-state index contributed by atoms with van der Waals surface area (Å²) >= 11 is 0. The molecule has 58 valence electrons. The highest BCUT2D eigenvalue weighted by Crippen LogP contribution is 1.96. The van der Waals surface area contributed by atoms with E-state index in [4.69, 9.17) is 4.74 Å². The molecule has 1 aliphatic heterocycles. The van der Waals surface area contributed by atoms with Gasteiger partial charge in [0.15, 0.2) is 0 Å². The summed E-state index contributed by atoms with van der Waals surface area (Å²) in [6.45, 7) is 1.76. The molecule has 1 heterocycles. The van der Waals surface area contributed by atoms with Gasteiger partial charge in [-0.2, -0.15) is 0 Å². The Morgan fingerprint density at radius 3 is 2.80 bits per heavy atom. The third kappa shape index (κ3) is 1.97. The molecule has 0 spiro atoms. The number of rotatable bonds is 3. The topological polar surface area (TPSA) is 47.6 Å². The minimum atomic E-state index is -0.313. The highest BCUT2D eigenvalue weighted by molar-refractivity contribution is 5.70. The number of hydrogen-bond donors (Lipinski definition) is 1. The third-order valence-electron chi connectivity index (χ3n) is 1.41. The summed E-state index contributed by atoms with van der Waals surface area (Å²) < 4.78 is 9.48. The lowest BCUT2D eigenvalue weighted by Crippen LogP contribution is -2.49. The Morgan fingerprint density at radius 1 is 1.70 bits per heavy atom. The third-order valence-corrected chi connectivity index (χ3v) is 1.41. The van der Waals surface area contributed by atoms with Gasteiger partial charge in [-0.25, -0.2) is 4.79 Å². The number of methoxy groups -OCH3 is 1. The van der Waals surface area contributed by atoms with Gasteiger partial charge in [-0.1, -0.05) is 0 Å². The van der Waals surface area contributed by atoms with E-state index < -0.39 is 0 Å². The van der Waals surface area contributed by atoms with Gasteiger partial charge in [-0.3, -0.25) is 0 Å². The predicted octanol–water partition coefficient (Wildman–Crippen LogP) is -0.852. The maximum Gasteiger partial charge on any atom is 0.331 e. The van der Waals surface area contributed by atoms with Gasteiger partial charge in [0.1, 0.15) is 6.61 Å². The maximum atomic E-state index is 10.5. The molecule has 0 aromatic heterocycles. The molecule has 0 atom stereocenters. The van der Waals surface area contributed by atoms with Gasteiger partial charge in [-0.05, 0) is 0 Å². The molecule has 0 aliphatic carbocycles. The van der Waals surface area contributed by atoms with Crippen LogP contribution >= 0.6 is 0 Å². The second-order valence-electron chi connectivity index (χ2n) is 2.17. The van der Waals surface area contributed by atoms with Crippen LogP contribution in [0.4, 0.5) is 0 Å². The Balaban J connectivity index is 1.98. The Bertz CT molecular complexity index is 122. The van der Waals surface area contributed by atoms with Crippen LogP contribution in [0.3, 0.4) is 0 Å². The van der Waals surface area contributed by atoms with Crippen LogP contribution in [-0.4, -0.2) is 38.9 Å². The zero-order valence-corrected chi connectivity index (χ0v) is 5.92. The number of esters is 1. The first kappa shape index (κ1) is 7.50. The van der Waals surface area contributed by atoms with Crippen LogP contribution in [0, 0.1) is 0 Å². The molecule has 1 rings (SSSR count). The fraction of sp³-hybridized carbons (Fsp3) is 0.833. The lowest BCUT2D eigenvalue weighted by molar-refractivity contribution is -0.148. The lowest BCUT2D eigenvalue weighted by atomic mass is 10.2. The van der Waals surface area contributed by atoms with Crippen LogP contribution in [0.2, 0.25) is 0 Å². The quantitative estimate of drug-likeness (QED) is 0.525. The zero-order chi connectivity index (χ0) is 7.40. The fourth-order valence-corrected chi connectivity index (χ4v) is 0.625. The summed E-state index contributed by atoms with van der Waals surface area (Å²) in [5.41, 5.74) is 0. The Labute approximate surface area is 59.5 Å². The van der Waals surface area contributed by atoms with Crippen molar-refractivity contribution < 1.29 is 14.3 Å². The molecule has 0 saturated carbocycles. The number of nitrogens with one attached hydrogen (secondary N) is 1. The van der Waals surface area contributed by atoms with E-state index in [9.17, 15) is 4.79 Å². The van der Waals surface area contributed by atoms with E-state index in [0.29, 0.717) is 0 Å². The molecule has 0 aromatic rings. The van der Waals surface area contributed by atoms with Gasteiger partial charge in [0, 0.05) is 13.1 Å². The van der Waals surface area contributed by atoms with E-state index in [2.05, 4.69) is 10.1 Å². The summed E-state index contributed by atoms with van der Waals surface area (Å²) in [5, 5.41) is 3.03. The van der Waals surface area contributed by atoms with E-state index in [-0.39, 0.29) is 18.7 Å². The van der Waals surface area contributed by atoms with Gasteiger partial charge in [0.25, 0.3) is 0 Å². The number of hydrogen-bond acceptors (Lipinski definition) is 4. The molecule has 1 aliphatic rings. The fourth-order valence-electron chi connectivity index (χ4n) is 0.625. The summed E-state index contributed by atoms with van der Waals surface area (Å²) in [6.07, 6.45) is 0.207. The lowest BCUT2D eigenvalue weighted by Gasteiger charge is -2.26. The van der Waals surface area contributed by atoms with E-state index in [1.807, 2.05) is 0 Å². The summed E-state index contributed by atoms with van der Waals surface area (Å²) in [5.74, 6) is -0.313. The van der Waals surface area contributed by atoms with Crippen molar-refractivity contribution in [3.63, 3.8) is 0 Å². The monoisotopic (exact) mass is 145 g/mol. The molecule has 1 fully saturated rings. The number of carbonyl (C=O) groups excluding carboxylic acids is 1. The summed E-state index contributed by atoms with van der Waals surface area (Å²) in [6, 6.07) is 0. The van der Waals surface area contributed by atoms with E-state index in [1.54, 1.807) is 0 Å². The molecule has 1 saturated heterocycles. The van der Waals surface area contributed by atoms with Gasteiger partial charge in [-0.15, -0.1) is 0 Å². The smallest absolute Gasteiger partial charge is 0.331 e. The molecule has 4 nitrogen and oxygen atoms in total. The van der Waals surface area contributed by atoms with Crippen molar-refractivity contribution in [2.45, 2.75) is 6.10 Å². The van der Waals surface area contributed by atoms with Crippen LogP contribution in [-0.2, 0) is 14.3 Å². The highest BCUT2D eigenvalue weighted by Gasteiger charge is 2.17. The average Bonchev–Trinajstić information content (AvgIpc) is 1.84. The highest BCUT2D eigenvalue weighted by atomic mass is 16.6. The molecule has 0 bridgehead atoms. The molecule has 10 heavy (non-hydrogen) atoms. The first-order valence-corrected chi connectivity index (χ1v) is 3.22. The van der Waals surface area contributed by atoms with Gasteiger partial charge in [0.2, 0.25) is 0 Å². The zero-order valence-electron chi connectivity index (χ0n) is 5.92. The maximum absolute atomic E-state index is 10.5. The Hall–Kier alpha value is -0.610. The normalized spacial score (nSPS) is 18.1. The predicted molar refractivity (Wildman–Crippen MR) is 34.6 cm³/mol. The van der Waals surface area contributed by atoms with Crippen molar-refractivity contribution in [2.24, 2.45) is 0 Å². The first-order valence-electron chi connectivity index (χ1n) is 3.22. The van der Waals surface area contributed by atoms with Gasteiger partial charge in [0.05, 0.1) is 13.2 Å². The van der Waals surface area contributed by atoms with Crippen LogP contribution < -0.4 is 5.32 Å². The van der Waals surface area contributed by atoms with E-state index >= 15 is 0 Å². The minimum Gasteiger partial charge on any atom is -0.467 e. The van der Waals surface area contributed by atoms with Crippen molar-refractivity contribution in [2.75, 3.05) is 26.8 Å². The SMILES string of the molecule is COC(=O)COC1CNC1. The molecule has 0 radical (unpaired) electrons. The van der Waals surface area contributed by atoms with Gasteiger partial charge >= 0.3 is 5.97 Å². The molecule has 1 N–H and O–H groups in total. The van der Waals surface area contributed by atoms with E-state index in [1.165, 1.54) is 7.11 Å². The van der Waals surface area contributed by atoms with E-state index in [0.717, 1.165) is 13.1 Å². The van der Waals surface area contributed by atoms with Crippen LogP contribution in [0.25, 0.3) is 0 Å². The summed E-state index contributed by atoms with van der Waals surface area (Å²) in [7, 11) is 1.35. The van der Waals surface area contributed by atoms with Crippen LogP contribution in [0.1, 0.15) is 0 Å².